The highest BCUT2D eigenvalue weighted by Crippen LogP contribution is 2.36. The van der Waals surface area contributed by atoms with Gasteiger partial charge in [-0.25, -0.2) is 0 Å². The fraction of sp³-hybridized carbons (Fsp3) is 0.400. The van der Waals surface area contributed by atoms with Crippen molar-refractivity contribution < 1.29 is 4.74 Å². The molecule has 0 unspecified atom stereocenters. The van der Waals surface area contributed by atoms with E-state index < -0.39 is 0 Å². The Hall–Kier alpha value is -1.81. The van der Waals surface area contributed by atoms with Gasteiger partial charge in [0.2, 0.25) is 0 Å². The van der Waals surface area contributed by atoms with E-state index in [1.807, 2.05) is 17.8 Å². The minimum absolute atomic E-state index is 0.489. The van der Waals surface area contributed by atoms with E-state index in [-0.39, 0.29) is 0 Å². The Morgan fingerprint density at radius 3 is 2.47 bits per heavy atom. The fourth-order valence-electron chi connectivity index (χ4n) is 2.58. The van der Waals surface area contributed by atoms with Gasteiger partial charge in [-0.05, 0) is 43.5 Å². The Balaban J connectivity index is 2.72. The minimum Gasteiger partial charge on any atom is -0.496 e. The van der Waals surface area contributed by atoms with Gasteiger partial charge in [-0.2, -0.15) is 5.10 Å². The number of benzene rings is 1. The molecule has 2 rings (SSSR count). The first-order valence-corrected chi connectivity index (χ1v) is 6.37. The summed E-state index contributed by atoms with van der Waals surface area (Å²) < 4.78 is 7.37. The van der Waals surface area contributed by atoms with Crippen LogP contribution in [0.1, 0.15) is 22.4 Å². The Kier molecular flexibility index (Phi) is 3.62. The summed E-state index contributed by atoms with van der Waals surface area (Å²) >= 11 is 0. The van der Waals surface area contributed by atoms with Crippen molar-refractivity contribution >= 4 is 0 Å². The molecule has 4 heteroatoms. The first kappa shape index (κ1) is 13.6. The molecule has 0 bridgehead atoms. The molecular weight excluding hydrogens is 238 g/mol. The highest BCUT2D eigenvalue weighted by Gasteiger charge is 2.18. The summed E-state index contributed by atoms with van der Waals surface area (Å²) in [6.45, 7) is 6.70. The van der Waals surface area contributed by atoms with Crippen LogP contribution in [-0.2, 0) is 13.6 Å². The van der Waals surface area contributed by atoms with Crippen LogP contribution in [-0.4, -0.2) is 16.9 Å². The number of nitrogens with zero attached hydrogens (tertiary/aromatic N) is 2. The van der Waals surface area contributed by atoms with Crippen molar-refractivity contribution in [3.63, 3.8) is 0 Å². The quantitative estimate of drug-likeness (QED) is 0.921. The molecule has 0 radical (unpaired) electrons. The number of hydrogen-bond acceptors (Lipinski definition) is 3. The van der Waals surface area contributed by atoms with Crippen LogP contribution in [0.5, 0.6) is 5.75 Å². The SMILES string of the molecule is COc1cc(C)cc(C)c1-c1nn(C)c(CN)c1C. The average molecular weight is 259 g/mol. The van der Waals surface area contributed by atoms with Crippen LogP contribution in [0.25, 0.3) is 11.3 Å². The first-order chi connectivity index (χ1) is 8.99. The van der Waals surface area contributed by atoms with Crippen molar-refractivity contribution in [2.24, 2.45) is 12.8 Å². The van der Waals surface area contributed by atoms with Gasteiger partial charge >= 0.3 is 0 Å². The molecule has 102 valence electrons. The fourth-order valence-corrected chi connectivity index (χ4v) is 2.58. The van der Waals surface area contributed by atoms with Gasteiger partial charge < -0.3 is 10.5 Å². The highest BCUT2D eigenvalue weighted by molar-refractivity contribution is 5.74. The maximum Gasteiger partial charge on any atom is 0.128 e. The van der Waals surface area contributed by atoms with Crippen molar-refractivity contribution in [2.75, 3.05) is 7.11 Å². The second kappa shape index (κ2) is 5.05. The van der Waals surface area contributed by atoms with Gasteiger partial charge in [0.25, 0.3) is 0 Å². The van der Waals surface area contributed by atoms with Crippen LogP contribution >= 0.6 is 0 Å². The van der Waals surface area contributed by atoms with Crippen molar-refractivity contribution in [3.05, 3.63) is 34.5 Å². The Bertz CT molecular complexity index is 614. The third-order valence-corrected chi connectivity index (χ3v) is 3.52. The van der Waals surface area contributed by atoms with E-state index in [2.05, 4.69) is 31.9 Å². The van der Waals surface area contributed by atoms with Crippen molar-refractivity contribution in [2.45, 2.75) is 27.3 Å². The van der Waals surface area contributed by atoms with Gasteiger partial charge in [-0.3, -0.25) is 4.68 Å². The minimum atomic E-state index is 0.489. The van der Waals surface area contributed by atoms with Crippen molar-refractivity contribution in [3.8, 4) is 17.0 Å². The number of hydrogen-bond donors (Lipinski definition) is 1. The van der Waals surface area contributed by atoms with E-state index in [0.29, 0.717) is 6.54 Å². The van der Waals surface area contributed by atoms with Crippen LogP contribution < -0.4 is 10.5 Å². The number of aryl methyl sites for hydroxylation is 3. The van der Waals surface area contributed by atoms with Crippen LogP contribution in [0.15, 0.2) is 12.1 Å². The number of nitrogens with two attached hydrogens (primary N) is 1. The first-order valence-electron chi connectivity index (χ1n) is 6.37. The Morgan fingerprint density at radius 2 is 1.95 bits per heavy atom. The van der Waals surface area contributed by atoms with Crippen LogP contribution in [0.4, 0.5) is 0 Å². The maximum atomic E-state index is 5.78. The molecule has 2 aromatic rings. The van der Waals surface area contributed by atoms with Crippen LogP contribution in [0.3, 0.4) is 0 Å². The zero-order valence-electron chi connectivity index (χ0n) is 12.2. The molecule has 0 aliphatic carbocycles. The average Bonchev–Trinajstić information content (AvgIpc) is 2.63. The summed E-state index contributed by atoms with van der Waals surface area (Å²) in [5.41, 5.74) is 12.3. The lowest BCUT2D eigenvalue weighted by atomic mass is 9.98. The lowest BCUT2D eigenvalue weighted by Crippen LogP contribution is -2.05. The molecule has 1 heterocycles. The van der Waals surface area contributed by atoms with E-state index in [1.165, 1.54) is 11.1 Å². The maximum absolute atomic E-state index is 5.78. The lowest BCUT2D eigenvalue weighted by molar-refractivity contribution is 0.415. The third-order valence-electron chi connectivity index (χ3n) is 3.52. The van der Waals surface area contributed by atoms with Gasteiger partial charge in [0.15, 0.2) is 0 Å². The molecule has 0 saturated carbocycles. The molecule has 0 saturated heterocycles. The smallest absolute Gasteiger partial charge is 0.128 e. The number of ether oxygens (including phenoxy) is 1. The molecule has 0 amide bonds. The summed E-state index contributed by atoms with van der Waals surface area (Å²) in [4.78, 5) is 0. The molecule has 0 aliphatic rings. The summed E-state index contributed by atoms with van der Waals surface area (Å²) in [7, 11) is 3.62. The monoisotopic (exact) mass is 259 g/mol. The molecule has 1 aromatic carbocycles. The number of rotatable bonds is 3. The lowest BCUT2D eigenvalue weighted by Gasteiger charge is -2.12. The van der Waals surface area contributed by atoms with Crippen molar-refractivity contribution in [1.29, 1.82) is 0 Å². The number of methoxy groups -OCH3 is 1. The van der Waals surface area contributed by atoms with E-state index in [1.54, 1.807) is 7.11 Å². The molecule has 19 heavy (non-hydrogen) atoms. The predicted molar refractivity (Wildman–Crippen MR) is 77.3 cm³/mol. The molecule has 0 fully saturated rings. The van der Waals surface area contributed by atoms with E-state index in [0.717, 1.165) is 28.3 Å². The largest absolute Gasteiger partial charge is 0.496 e. The van der Waals surface area contributed by atoms with Gasteiger partial charge in [-0.1, -0.05) is 6.07 Å². The molecule has 4 nitrogen and oxygen atoms in total. The van der Waals surface area contributed by atoms with Gasteiger partial charge in [0.05, 0.1) is 18.5 Å². The highest BCUT2D eigenvalue weighted by atomic mass is 16.5. The summed E-state index contributed by atoms with van der Waals surface area (Å²) in [6, 6.07) is 4.19. The predicted octanol–water partition coefficient (Wildman–Crippen LogP) is 2.48. The standard InChI is InChI=1S/C15H21N3O/c1-9-6-10(2)14(13(7-9)19-5)15-11(3)12(8-16)18(4)17-15/h6-7H,8,16H2,1-5H3. The van der Waals surface area contributed by atoms with Gasteiger partial charge in [0.1, 0.15) is 5.75 Å². The topological polar surface area (TPSA) is 53.1 Å². The zero-order valence-corrected chi connectivity index (χ0v) is 12.2. The summed E-state index contributed by atoms with van der Waals surface area (Å²) in [6.07, 6.45) is 0. The van der Waals surface area contributed by atoms with E-state index in [9.17, 15) is 0 Å². The number of aromatic nitrogens is 2. The summed E-state index contributed by atoms with van der Waals surface area (Å²) in [5.74, 6) is 0.863. The normalized spacial score (nSPS) is 10.8. The molecule has 0 aliphatic heterocycles. The Labute approximate surface area is 114 Å². The van der Waals surface area contributed by atoms with Gasteiger partial charge in [0, 0.05) is 19.2 Å². The Morgan fingerprint density at radius 1 is 1.26 bits per heavy atom. The summed E-state index contributed by atoms with van der Waals surface area (Å²) in [5, 5.41) is 4.61. The third kappa shape index (κ3) is 2.24. The van der Waals surface area contributed by atoms with Gasteiger partial charge in [-0.15, -0.1) is 0 Å². The second-order valence-corrected chi connectivity index (χ2v) is 4.91. The van der Waals surface area contributed by atoms with E-state index in [4.69, 9.17) is 10.5 Å². The van der Waals surface area contributed by atoms with Crippen molar-refractivity contribution in [1.82, 2.24) is 9.78 Å². The molecule has 1 aromatic heterocycles. The van der Waals surface area contributed by atoms with E-state index >= 15 is 0 Å². The molecule has 2 N–H and O–H groups in total. The van der Waals surface area contributed by atoms with Crippen LogP contribution in [0, 0.1) is 20.8 Å². The second-order valence-electron chi connectivity index (χ2n) is 4.91. The molecular formula is C15H21N3O. The zero-order chi connectivity index (χ0) is 14.2. The van der Waals surface area contributed by atoms with Crippen LogP contribution in [0.2, 0.25) is 0 Å². The molecule has 0 spiro atoms. The molecule has 0 atom stereocenters.